The smallest absolute Gasteiger partial charge is 0.344 e. The monoisotopic (exact) mass is 385 g/mol. The fourth-order valence-electron chi connectivity index (χ4n) is 3.23. The third kappa shape index (κ3) is 3.58. The Hall–Kier alpha value is -3.99. The number of nitrogens with zero attached hydrogens (tertiary/aromatic N) is 1. The zero-order valence-corrected chi connectivity index (χ0v) is 15.5. The van der Waals surface area contributed by atoms with Gasteiger partial charge in [0.1, 0.15) is 12.2 Å². The normalized spacial score (nSPS) is 10.6. The SMILES string of the molecule is O=C(OCc1ccccc1)c1c(O)c(O)n(-c2ccccc2)c1-c1ccccc1. The van der Waals surface area contributed by atoms with Crippen LogP contribution in [0.25, 0.3) is 16.9 Å². The van der Waals surface area contributed by atoms with Gasteiger partial charge >= 0.3 is 5.97 Å². The Bertz CT molecular complexity index is 1120. The first-order chi connectivity index (χ1) is 14.2. The van der Waals surface area contributed by atoms with Gasteiger partial charge < -0.3 is 14.9 Å². The molecule has 2 N–H and O–H groups in total. The highest BCUT2D eigenvalue weighted by Gasteiger charge is 2.30. The van der Waals surface area contributed by atoms with Crippen molar-refractivity contribution in [2.45, 2.75) is 6.61 Å². The van der Waals surface area contributed by atoms with Crippen LogP contribution < -0.4 is 0 Å². The molecule has 0 amide bonds. The van der Waals surface area contributed by atoms with Crippen LogP contribution in [0.1, 0.15) is 15.9 Å². The molecular formula is C24H19NO4. The van der Waals surface area contributed by atoms with E-state index < -0.39 is 17.6 Å². The minimum atomic E-state index is -0.713. The standard InChI is InChI=1S/C24H19NO4/c26-22-20(24(28)29-16-17-10-4-1-5-11-17)21(18-12-6-2-7-13-18)25(23(22)27)19-14-8-3-9-15-19/h1-15,26-27H,16H2. The molecule has 1 aromatic heterocycles. The van der Waals surface area contributed by atoms with Gasteiger partial charge in [0.2, 0.25) is 5.88 Å². The van der Waals surface area contributed by atoms with E-state index in [2.05, 4.69) is 0 Å². The van der Waals surface area contributed by atoms with Gasteiger partial charge in [0.15, 0.2) is 5.75 Å². The zero-order chi connectivity index (χ0) is 20.2. The molecule has 0 unspecified atom stereocenters. The van der Waals surface area contributed by atoms with E-state index in [1.54, 1.807) is 12.1 Å². The van der Waals surface area contributed by atoms with Crippen LogP contribution >= 0.6 is 0 Å². The van der Waals surface area contributed by atoms with E-state index in [9.17, 15) is 15.0 Å². The topological polar surface area (TPSA) is 71.7 Å². The van der Waals surface area contributed by atoms with E-state index in [4.69, 9.17) is 4.74 Å². The van der Waals surface area contributed by atoms with Gasteiger partial charge in [-0.25, -0.2) is 4.79 Å². The van der Waals surface area contributed by atoms with Gasteiger partial charge in [-0.05, 0) is 23.3 Å². The first-order valence-electron chi connectivity index (χ1n) is 9.15. The third-order valence-corrected chi connectivity index (χ3v) is 4.60. The first-order valence-corrected chi connectivity index (χ1v) is 9.15. The van der Waals surface area contributed by atoms with Gasteiger partial charge in [0.05, 0.1) is 5.69 Å². The molecule has 0 saturated carbocycles. The molecule has 0 aliphatic heterocycles. The van der Waals surface area contributed by atoms with Crippen molar-refractivity contribution < 1.29 is 19.7 Å². The Morgan fingerprint density at radius 3 is 1.97 bits per heavy atom. The largest absolute Gasteiger partial charge is 0.502 e. The number of rotatable bonds is 5. The van der Waals surface area contributed by atoms with E-state index >= 15 is 0 Å². The van der Waals surface area contributed by atoms with Crippen LogP contribution in [-0.4, -0.2) is 20.7 Å². The average molecular weight is 385 g/mol. The lowest BCUT2D eigenvalue weighted by atomic mass is 10.1. The highest BCUT2D eigenvalue weighted by molar-refractivity contribution is 6.01. The molecule has 4 aromatic rings. The maximum Gasteiger partial charge on any atom is 0.344 e. The van der Waals surface area contributed by atoms with E-state index in [0.717, 1.165) is 5.56 Å². The maximum atomic E-state index is 12.9. The summed E-state index contributed by atoms with van der Waals surface area (Å²) in [5.41, 5.74) is 2.39. The van der Waals surface area contributed by atoms with Crippen LogP contribution in [-0.2, 0) is 11.3 Å². The van der Waals surface area contributed by atoms with Crippen molar-refractivity contribution in [2.24, 2.45) is 0 Å². The minimum Gasteiger partial charge on any atom is -0.502 e. The summed E-state index contributed by atoms with van der Waals surface area (Å²) in [7, 11) is 0. The summed E-state index contributed by atoms with van der Waals surface area (Å²) in [5.74, 6) is -1.64. The van der Waals surface area contributed by atoms with Crippen molar-refractivity contribution in [3.8, 4) is 28.6 Å². The predicted molar refractivity (Wildman–Crippen MR) is 110 cm³/mol. The molecule has 1 heterocycles. The zero-order valence-electron chi connectivity index (χ0n) is 15.5. The molecule has 0 saturated heterocycles. The fraction of sp³-hybridized carbons (Fsp3) is 0.0417. The first kappa shape index (κ1) is 18.4. The molecule has 0 bridgehead atoms. The molecule has 144 valence electrons. The van der Waals surface area contributed by atoms with Gasteiger partial charge in [0.25, 0.3) is 0 Å². The Balaban J connectivity index is 1.82. The van der Waals surface area contributed by atoms with Crippen molar-refractivity contribution in [3.05, 3.63) is 102 Å². The fourth-order valence-corrected chi connectivity index (χ4v) is 3.23. The van der Waals surface area contributed by atoms with Crippen molar-refractivity contribution in [3.63, 3.8) is 0 Å². The number of ether oxygens (including phenoxy) is 1. The quantitative estimate of drug-likeness (QED) is 0.479. The molecule has 5 nitrogen and oxygen atoms in total. The lowest BCUT2D eigenvalue weighted by Crippen LogP contribution is -2.07. The Morgan fingerprint density at radius 1 is 0.793 bits per heavy atom. The lowest BCUT2D eigenvalue weighted by molar-refractivity contribution is 0.0470. The van der Waals surface area contributed by atoms with Crippen LogP contribution in [0.2, 0.25) is 0 Å². The number of aromatic nitrogens is 1. The number of hydrogen-bond acceptors (Lipinski definition) is 4. The number of para-hydroxylation sites is 1. The van der Waals surface area contributed by atoms with E-state index in [0.29, 0.717) is 16.9 Å². The number of hydrogen-bond donors (Lipinski definition) is 2. The molecular weight excluding hydrogens is 366 g/mol. The molecule has 0 aliphatic rings. The third-order valence-electron chi connectivity index (χ3n) is 4.60. The summed E-state index contributed by atoms with van der Waals surface area (Å²) < 4.78 is 6.89. The van der Waals surface area contributed by atoms with Crippen LogP contribution in [0, 0.1) is 0 Å². The molecule has 0 fully saturated rings. The second-order valence-corrected chi connectivity index (χ2v) is 6.49. The molecule has 0 aliphatic carbocycles. The molecule has 0 atom stereocenters. The molecule has 5 heteroatoms. The van der Waals surface area contributed by atoms with Crippen LogP contribution in [0.5, 0.6) is 11.6 Å². The second kappa shape index (κ2) is 7.94. The molecule has 0 spiro atoms. The van der Waals surface area contributed by atoms with Crippen molar-refractivity contribution in [1.29, 1.82) is 0 Å². The highest BCUT2D eigenvalue weighted by Crippen LogP contribution is 2.43. The van der Waals surface area contributed by atoms with Crippen molar-refractivity contribution in [1.82, 2.24) is 4.57 Å². The van der Waals surface area contributed by atoms with Gasteiger partial charge in [0, 0.05) is 5.69 Å². The number of carbonyl (C=O) groups is 1. The van der Waals surface area contributed by atoms with Gasteiger partial charge in [-0.2, -0.15) is 0 Å². The Kier molecular flexibility index (Phi) is 5.03. The number of esters is 1. The van der Waals surface area contributed by atoms with Crippen molar-refractivity contribution >= 4 is 5.97 Å². The molecule has 29 heavy (non-hydrogen) atoms. The average Bonchev–Trinajstić information content (AvgIpc) is 3.05. The minimum absolute atomic E-state index is 0.0601. The number of aromatic hydroxyl groups is 2. The van der Waals surface area contributed by atoms with E-state index in [1.165, 1.54) is 4.57 Å². The summed E-state index contributed by atoms with van der Waals surface area (Å²) in [6, 6.07) is 27.4. The highest BCUT2D eigenvalue weighted by atomic mass is 16.5. The number of benzene rings is 3. The summed E-state index contributed by atoms with van der Waals surface area (Å²) in [4.78, 5) is 12.9. The summed E-state index contributed by atoms with van der Waals surface area (Å²) in [6.07, 6.45) is 0. The van der Waals surface area contributed by atoms with Crippen LogP contribution in [0.3, 0.4) is 0 Å². The summed E-state index contributed by atoms with van der Waals surface area (Å²) in [5, 5.41) is 21.3. The van der Waals surface area contributed by atoms with Crippen molar-refractivity contribution in [2.75, 3.05) is 0 Å². The van der Waals surface area contributed by atoms with E-state index in [1.807, 2.05) is 78.9 Å². The summed E-state index contributed by atoms with van der Waals surface area (Å²) >= 11 is 0. The molecule has 4 rings (SSSR count). The summed E-state index contributed by atoms with van der Waals surface area (Å²) in [6.45, 7) is 0.0601. The van der Waals surface area contributed by atoms with Gasteiger partial charge in [-0.15, -0.1) is 0 Å². The Morgan fingerprint density at radius 2 is 1.34 bits per heavy atom. The molecule has 3 aromatic carbocycles. The number of carbonyl (C=O) groups excluding carboxylic acids is 1. The lowest BCUT2D eigenvalue weighted by Gasteiger charge is -2.12. The Labute approximate surface area is 168 Å². The van der Waals surface area contributed by atoms with Gasteiger partial charge in [-0.3, -0.25) is 4.57 Å². The predicted octanol–water partition coefficient (Wildman–Crippen LogP) is 4.91. The second-order valence-electron chi connectivity index (χ2n) is 6.49. The maximum absolute atomic E-state index is 12.9. The van der Waals surface area contributed by atoms with Gasteiger partial charge in [-0.1, -0.05) is 78.9 Å². The molecule has 0 radical (unpaired) electrons. The van der Waals surface area contributed by atoms with Crippen LogP contribution in [0.15, 0.2) is 91.0 Å². The van der Waals surface area contributed by atoms with Crippen LogP contribution in [0.4, 0.5) is 0 Å². The van der Waals surface area contributed by atoms with E-state index in [-0.39, 0.29) is 12.2 Å².